The molecule has 0 fully saturated rings. The van der Waals surface area contributed by atoms with Crippen molar-refractivity contribution in [3.05, 3.63) is 90.9 Å². The van der Waals surface area contributed by atoms with Gasteiger partial charge in [-0.25, -0.2) is 18.4 Å². The minimum atomic E-state index is -3.77. The Morgan fingerprint density at radius 2 is 1.70 bits per heavy atom. The van der Waals surface area contributed by atoms with Gasteiger partial charge < -0.3 is 4.40 Å². The highest BCUT2D eigenvalue weighted by molar-refractivity contribution is 7.92. The molecule has 6 nitrogen and oxygen atoms in total. The maximum absolute atomic E-state index is 12.8. The third-order valence-electron chi connectivity index (χ3n) is 4.98. The number of fused-ring (bicyclic) bond motifs is 2. The zero-order valence-corrected chi connectivity index (χ0v) is 17.0. The molecule has 2 aromatic heterocycles. The summed E-state index contributed by atoms with van der Waals surface area (Å²) in [5, 5.41) is 2.27. The van der Waals surface area contributed by atoms with Crippen LogP contribution in [0.2, 0.25) is 0 Å². The van der Waals surface area contributed by atoms with Crippen molar-refractivity contribution >= 4 is 32.3 Å². The lowest BCUT2D eigenvalue weighted by molar-refractivity contribution is 0.601. The third kappa shape index (κ3) is 3.29. The zero-order chi connectivity index (χ0) is 20.7. The summed E-state index contributed by atoms with van der Waals surface area (Å²) in [5.41, 5.74) is 3.12. The Morgan fingerprint density at radius 3 is 2.50 bits per heavy atom. The molecule has 0 unspecified atom stereocenters. The molecule has 0 amide bonds. The van der Waals surface area contributed by atoms with Gasteiger partial charge in [-0.05, 0) is 35.9 Å². The number of hydrogen-bond acceptors (Lipinski definition) is 4. The zero-order valence-electron chi connectivity index (χ0n) is 16.1. The van der Waals surface area contributed by atoms with E-state index in [0.717, 1.165) is 27.6 Å². The summed E-state index contributed by atoms with van der Waals surface area (Å²) in [5.74, 6) is 0.185. The van der Waals surface area contributed by atoms with Gasteiger partial charge in [0.1, 0.15) is 0 Å². The SMILES string of the molecule is Cc1ccc(S(=O)(=O)Nc2nccn3cc(-c4ccc5ccccc5c4)nc23)cc1. The number of imidazole rings is 1. The average molecular weight is 414 g/mol. The number of rotatable bonds is 4. The fourth-order valence-electron chi connectivity index (χ4n) is 3.38. The molecular weight excluding hydrogens is 396 g/mol. The van der Waals surface area contributed by atoms with Gasteiger partial charge in [0.25, 0.3) is 10.0 Å². The molecule has 148 valence electrons. The van der Waals surface area contributed by atoms with Gasteiger partial charge in [0, 0.05) is 24.2 Å². The molecule has 5 aromatic rings. The van der Waals surface area contributed by atoms with Crippen LogP contribution >= 0.6 is 0 Å². The van der Waals surface area contributed by atoms with E-state index in [1.165, 1.54) is 0 Å². The molecule has 0 aliphatic carbocycles. The number of nitrogens with zero attached hydrogens (tertiary/aromatic N) is 3. The molecule has 5 rings (SSSR count). The largest absolute Gasteiger partial charge is 0.302 e. The van der Waals surface area contributed by atoms with E-state index in [9.17, 15) is 8.42 Å². The summed E-state index contributed by atoms with van der Waals surface area (Å²) in [6, 6.07) is 20.9. The number of aromatic nitrogens is 3. The Labute approximate surface area is 173 Å². The molecule has 0 radical (unpaired) electrons. The highest BCUT2D eigenvalue weighted by Crippen LogP contribution is 2.26. The molecule has 3 aromatic carbocycles. The Hall–Kier alpha value is -3.71. The predicted molar refractivity (Wildman–Crippen MR) is 118 cm³/mol. The number of sulfonamides is 1. The highest BCUT2D eigenvalue weighted by Gasteiger charge is 2.18. The van der Waals surface area contributed by atoms with Gasteiger partial charge >= 0.3 is 0 Å². The monoisotopic (exact) mass is 414 g/mol. The van der Waals surface area contributed by atoms with Crippen LogP contribution in [0.1, 0.15) is 5.56 Å². The van der Waals surface area contributed by atoms with Gasteiger partial charge in [0.05, 0.1) is 10.6 Å². The highest BCUT2D eigenvalue weighted by atomic mass is 32.2. The van der Waals surface area contributed by atoms with Crippen molar-refractivity contribution in [1.29, 1.82) is 0 Å². The fraction of sp³-hybridized carbons (Fsp3) is 0.0435. The van der Waals surface area contributed by atoms with E-state index < -0.39 is 10.0 Å². The van der Waals surface area contributed by atoms with Gasteiger partial charge in [0.15, 0.2) is 11.5 Å². The molecule has 0 saturated heterocycles. The lowest BCUT2D eigenvalue weighted by atomic mass is 10.1. The van der Waals surface area contributed by atoms with Crippen LogP contribution in [0.5, 0.6) is 0 Å². The van der Waals surface area contributed by atoms with Crippen LogP contribution in [0.25, 0.3) is 27.7 Å². The van der Waals surface area contributed by atoms with E-state index in [4.69, 9.17) is 0 Å². The summed E-state index contributed by atoms with van der Waals surface area (Å²) >= 11 is 0. The van der Waals surface area contributed by atoms with Crippen molar-refractivity contribution in [3.63, 3.8) is 0 Å². The van der Waals surface area contributed by atoms with Gasteiger partial charge in [0.2, 0.25) is 0 Å². The van der Waals surface area contributed by atoms with E-state index in [1.54, 1.807) is 41.1 Å². The molecule has 7 heteroatoms. The van der Waals surface area contributed by atoms with Gasteiger partial charge in [-0.3, -0.25) is 4.72 Å². The molecular formula is C23H18N4O2S. The Morgan fingerprint density at radius 1 is 0.933 bits per heavy atom. The smallest absolute Gasteiger partial charge is 0.263 e. The third-order valence-corrected chi connectivity index (χ3v) is 6.34. The molecule has 0 aliphatic rings. The molecule has 0 aliphatic heterocycles. The van der Waals surface area contributed by atoms with Crippen LogP contribution in [0.4, 0.5) is 5.82 Å². The van der Waals surface area contributed by atoms with Crippen LogP contribution in [0.3, 0.4) is 0 Å². The first kappa shape index (κ1) is 18.3. The van der Waals surface area contributed by atoms with Crippen molar-refractivity contribution in [3.8, 4) is 11.3 Å². The molecule has 0 spiro atoms. The summed E-state index contributed by atoms with van der Waals surface area (Å²) in [4.78, 5) is 9.05. The number of aryl methyl sites for hydroxylation is 1. The predicted octanol–water partition coefficient (Wildman–Crippen LogP) is 4.66. The number of benzene rings is 3. The van der Waals surface area contributed by atoms with E-state index >= 15 is 0 Å². The van der Waals surface area contributed by atoms with Crippen LogP contribution < -0.4 is 4.72 Å². The summed E-state index contributed by atoms with van der Waals surface area (Å²) in [7, 11) is -3.77. The minimum absolute atomic E-state index is 0.179. The van der Waals surface area contributed by atoms with Crippen LogP contribution in [0, 0.1) is 6.92 Å². The first-order valence-electron chi connectivity index (χ1n) is 9.42. The number of nitrogens with one attached hydrogen (secondary N) is 1. The standard InChI is InChI=1S/C23H18N4O2S/c1-16-6-10-20(11-7-16)30(28,29)26-22-23-25-21(15-27(23)13-12-24-22)19-9-8-17-4-2-3-5-18(17)14-19/h2-15H,1H3,(H,24,26). The van der Waals surface area contributed by atoms with Gasteiger partial charge in [-0.2, -0.15) is 0 Å². The van der Waals surface area contributed by atoms with E-state index in [2.05, 4.69) is 32.9 Å². The summed E-state index contributed by atoms with van der Waals surface area (Å²) in [6.07, 6.45) is 5.16. The van der Waals surface area contributed by atoms with Crippen molar-refractivity contribution in [2.75, 3.05) is 4.72 Å². The second-order valence-electron chi connectivity index (χ2n) is 7.11. The van der Waals surface area contributed by atoms with Crippen molar-refractivity contribution in [2.45, 2.75) is 11.8 Å². The lowest BCUT2D eigenvalue weighted by Gasteiger charge is -2.08. The maximum atomic E-state index is 12.8. The lowest BCUT2D eigenvalue weighted by Crippen LogP contribution is -2.14. The van der Waals surface area contributed by atoms with Crippen molar-refractivity contribution in [1.82, 2.24) is 14.4 Å². The van der Waals surface area contributed by atoms with Crippen molar-refractivity contribution in [2.24, 2.45) is 0 Å². The van der Waals surface area contributed by atoms with Crippen LogP contribution in [0.15, 0.2) is 90.2 Å². The van der Waals surface area contributed by atoms with Crippen LogP contribution in [-0.2, 0) is 10.0 Å². The second-order valence-corrected chi connectivity index (χ2v) is 8.80. The Kier molecular flexibility index (Phi) is 4.25. The Balaban J connectivity index is 1.56. The Bertz CT molecular complexity index is 1490. The maximum Gasteiger partial charge on any atom is 0.263 e. The topological polar surface area (TPSA) is 76.4 Å². The summed E-state index contributed by atoms with van der Waals surface area (Å²) in [6.45, 7) is 1.91. The van der Waals surface area contributed by atoms with E-state index in [0.29, 0.717) is 5.65 Å². The number of anilines is 1. The van der Waals surface area contributed by atoms with Gasteiger partial charge in [-0.1, -0.05) is 54.1 Å². The quantitative estimate of drug-likeness (QED) is 0.464. The summed E-state index contributed by atoms with van der Waals surface area (Å²) < 4.78 is 29.9. The molecule has 0 bridgehead atoms. The minimum Gasteiger partial charge on any atom is -0.302 e. The molecule has 0 saturated carbocycles. The molecule has 30 heavy (non-hydrogen) atoms. The molecule has 1 N–H and O–H groups in total. The normalized spacial score (nSPS) is 11.8. The fourth-order valence-corrected chi connectivity index (χ4v) is 4.39. The van der Waals surface area contributed by atoms with Crippen LogP contribution in [-0.4, -0.2) is 22.8 Å². The van der Waals surface area contributed by atoms with E-state index in [-0.39, 0.29) is 10.7 Å². The molecule has 0 atom stereocenters. The van der Waals surface area contributed by atoms with Gasteiger partial charge in [-0.15, -0.1) is 0 Å². The van der Waals surface area contributed by atoms with Crippen molar-refractivity contribution < 1.29 is 8.42 Å². The second kappa shape index (κ2) is 6.96. The molecule has 2 heterocycles. The first-order valence-corrected chi connectivity index (χ1v) is 10.9. The average Bonchev–Trinajstić information content (AvgIpc) is 3.19. The number of hydrogen-bond donors (Lipinski definition) is 1. The van der Waals surface area contributed by atoms with E-state index in [1.807, 2.05) is 37.4 Å². The first-order chi connectivity index (χ1) is 14.5.